The molecule has 0 bridgehead atoms. The Kier molecular flexibility index (Phi) is 7.37. The number of aromatic nitrogens is 1. The van der Waals surface area contributed by atoms with Crippen molar-refractivity contribution < 1.29 is 19.4 Å². The van der Waals surface area contributed by atoms with E-state index in [1.165, 1.54) is 6.42 Å². The Morgan fingerprint density at radius 1 is 0.971 bits per heavy atom. The molecule has 1 saturated carbocycles. The highest BCUT2D eigenvalue weighted by Crippen LogP contribution is 2.31. The van der Waals surface area contributed by atoms with Crippen molar-refractivity contribution in [1.29, 1.82) is 0 Å². The first-order valence-electron chi connectivity index (χ1n) is 13.1. The number of anilines is 1. The van der Waals surface area contributed by atoms with Crippen LogP contribution in [0.15, 0.2) is 30.3 Å². The Morgan fingerprint density at radius 3 is 2.29 bits per heavy atom. The van der Waals surface area contributed by atoms with Gasteiger partial charge in [-0.3, -0.25) is 4.79 Å². The fraction of sp³-hybridized carbons (Fsp3) is 0.593. The van der Waals surface area contributed by atoms with Crippen molar-refractivity contribution >= 4 is 28.7 Å². The van der Waals surface area contributed by atoms with Gasteiger partial charge in [0, 0.05) is 31.6 Å². The molecular weight excluding hydrogens is 444 g/mol. The Hall–Kier alpha value is -2.87. The number of nitrogens with one attached hydrogen (secondary N) is 2. The quantitative estimate of drug-likeness (QED) is 0.492. The molecule has 1 atom stereocenters. The number of epoxide rings is 1. The monoisotopic (exact) mass is 480 g/mol. The fourth-order valence-corrected chi connectivity index (χ4v) is 5.69. The van der Waals surface area contributed by atoms with Gasteiger partial charge in [-0.15, -0.1) is 0 Å². The standard InChI is InChI=1S/C27H36N4O4/c32-26(28-15-19-5-7-20(8-6-19)16-29-27(33)34)23-14-25(30-24-4-2-1-3-22(23)24)31-11-9-18(10-12-31)13-21-17-35-21/h1-4,14,18-21,29H,5-13,15-17H2,(H,28,32)(H,33,34). The van der Waals surface area contributed by atoms with E-state index in [1.807, 2.05) is 30.3 Å². The number of benzene rings is 1. The van der Waals surface area contributed by atoms with Crippen LogP contribution in [0.4, 0.5) is 10.6 Å². The summed E-state index contributed by atoms with van der Waals surface area (Å²) in [7, 11) is 0. The summed E-state index contributed by atoms with van der Waals surface area (Å²) in [4.78, 5) is 31.3. The van der Waals surface area contributed by atoms with Crippen LogP contribution in [-0.2, 0) is 4.74 Å². The van der Waals surface area contributed by atoms with E-state index >= 15 is 0 Å². The average molecular weight is 481 g/mol. The van der Waals surface area contributed by atoms with Crippen molar-refractivity contribution in [3.8, 4) is 0 Å². The Labute approximate surface area is 206 Å². The first-order chi connectivity index (χ1) is 17.0. The Morgan fingerprint density at radius 2 is 1.63 bits per heavy atom. The van der Waals surface area contributed by atoms with E-state index in [4.69, 9.17) is 14.8 Å². The maximum absolute atomic E-state index is 13.3. The molecule has 3 aliphatic rings. The maximum Gasteiger partial charge on any atom is 0.404 e. The number of nitrogens with zero attached hydrogens (tertiary/aromatic N) is 2. The molecule has 2 aliphatic heterocycles. The van der Waals surface area contributed by atoms with Gasteiger partial charge in [-0.2, -0.15) is 0 Å². The summed E-state index contributed by atoms with van der Waals surface area (Å²) in [6.07, 6.45) is 6.98. The van der Waals surface area contributed by atoms with Gasteiger partial charge >= 0.3 is 6.09 Å². The summed E-state index contributed by atoms with van der Waals surface area (Å²) in [5.74, 6) is 2.39. The number of hydrogen-bond acceptors (Lipinski definition) is 5. The van der Waals surface area contributed by atoms with Crippen LogP contribution in [-0.4, -0.2) is 61.0 Å². The van der Waals surface area contributed by atoms with E-state index < -0.39 is 6.09 Å². The van der Waals surface area contributed by atoms with Gasteiger partial charge in [0.2, 0.25) is 0 Å². The van der Waals surface area contributed by atoms with Crippen molar-refractivity contribution in [2.24, 2.45) is 17.8 Å². The molecule has 188 valence electrons. The largest absolute Gasteiger partial charge is 0.465 e. The van der Waals surface area contributed by atoms with Crippen molar-refractivity contribution in [2.75, 3.05) is 37.7 Å². The Bertz CT molecular complexity index is 1040. The molecule has 0 spiro atoms. The van der Waals surface area contributed by atoms with Crippen molar-refractivity contribution in [3.63, 3.8) is 0 Å². The van der Waals surface area contributed by atoms with Gasteiger partial charge in [0.15, 0.2) is 0 Å². The normalized spacial score (nSPS) is 24.8. The number of carbonyl (C=O) groups is 2. The highest BCUT2D eigenvalue weighted by Gasteiger charge is 2.30. The van der Waals surface area contributed by atoms with Gasteiger partial charge in [0.1, 0.15) is 5.82 Å². The zero-order valence-corrected chi connectivity index (χ0v) is 20.2. The predicted molar refractivity (Wildman–Crippen MR) is 135 cm³/mol. The fourth-order valence-electron chi connectivity index (χ4n) is 5.69. The molecule has 2 aromatic rings. The first kappa shape index (κ1) is 23.9. The second-order valence-electron chi connectivity index (χ2n) is 10.4. The molecule has 1 unspecified atom stereocenters. The number of fused-ring (bicyclic) bond motifs is 1. The van der Waals surface area contributed by atoms with Crippen LogP contribution in [0.1, 0.15) is 55.3 Å². The molecular formula is C27H36N4O4. The lowest BCUT2D eigenvalue weighted by Crippen LogP contribution is -2.35. The van der Waals surface area contributed by atoms with Gasteiger partial charge in [-0.25, -0.2) is 9.78 Å². The molecule has 3 N–H and O–H groups in total. The summed E-state index contributed by atoms with van der Waals surface area (Å²) in [6, 6.07) is 9.86. The third kappa shape index (κ3) is 6.23. The van der Waals surface area contributed by atoms with Gasteiger partial charge in [-0.05, 0) is 74.8 Å². The number of ether oxygens (including phenoxy) is 1. The molecule has 35 heavy (non-hydrogen) atoms. The smallest absolute Gasteiger partial charge is 0.404 e. The highest BCUT2D eigenvalue weighted by molar-refractivity contribution is 6.07. The van der Waals surface area contributed by atoms with Crippen molar-refractivity contribution in [1.82, 2.24) is 15.6 Å². The predicted octanol–water partition coefficient (Wildman–Crippen LogP) is 4.04. The van der Waals surface area contributed by atoms with E-state index in [-0.39, 0.29) is 5.91 Å². The third-order valence-corrected chi connectivity index (χ3v) is 7.94. The number of rotatable bonds is 8. The molecule has 1 aromatic heterocycles. The number of hydrogen-bond donors (Lipinski definition) is 3. The van der Waals surface area contributed by atoms with Crippen LogP contribution < -0.4 is 15.5 Å². The van der Waals surface area contributed by atoms with E-state index in [2.05, 4.69) is 15.5 Å². The molecule has 5 rings (SSSR count). The highest BCUT2D eigenvalue weighted by atomic mass is 16.6. The second kappa shape index (κ2) is 10.8. The van der Waals surface area contributed by atoms with Gasteiger partial charge < -0.3 is 25.4 Å². The van der Waals surface area contributed by atoms with E-state index in [0.717, 1.165) is 80.9 Å². The molecule has 0 radical (unpaired) electrons. The zero-order chi connectivity index (χ0) is 24.2. The van der Waals surface area contributed by atoms with Crippen molar-refractivity contribution in [3.05, 3.63) is 35.9 Å². The van der Waals surface area contributed by atoms with Crippen LogP contribution in [0.5, 0.6) is 0 Å². The van der Waals surface area contributed by atoms with Crippen LogP contribution >= 0.6 is 0 Å². The van der Waals surface area contributed by atoms with E-state index in [0.29, 0.717) is 36.6 Å². The molecule has 2 saturated heterocycles. The SMILES string of the molecule is O=C(O)NCC1CCC(CNC(=O)c2cc(N3CCC(CC4CO4)CC3)nc3ccccc23)CC1. The lowest BCUT2D eigenvalue weighted by atomic mass is 9.82. The number of amides is 2. The summed E-state index contributed by atoms with van der Waals surface area (Å²) in [5.41, 5.74) is 1.55. The van der Waals surface area contributed by atoms with Crippen LogP contribution in [0, 0.1) is 17.8 Å². The number of carbonyl (C=O) groups excluding carboxylic acids is 1. The molecule has 1 aromatic carbocycles. The van der Waals surface area contributed by atoms with Crippen molar-refractivity contribution in [2.45, 2.75) is 51.0 Å². The van der Waals surface area contributed by atoms with Gasteiger partial charge in [0.25, 0.3) is 5.91 Å². The van der Waals surface area contributed by atoms with Crippen LogP contribution in [0.25, 0.3) is 10.9 Å². The summed E-state index contributed by atoms with van der Waals surface area (Å²) in [5, 5.41) is 15.4. The molecule has 8 nitrogen and oxygen atoms in total. The van der Waals surface area contributed by atoms with Crippen LogP contribution in [0.2, 0.25) is 0 Å². The second-order valence-corrected chi connectivity index (χ2v) is 10.4. The van der Waals surface area contributed by atoms with E-state index in [1.54, 1.807) is 0 Å². The summed E-state index contributed by atoms with van der Waals surface area (Å²) in [6.45, 7) is 4.02. The topological polar surface area (TPSA) is 107 Å². The average Bonchev–Trinajstić information content (AvgIpc) is 3.70. The van der Waals surface area contributed by atoms with Gasteiger partial charge in [-0.1, -0.05) is 18.2 Å². The number of piperidine rings is 1. The van der Waals surface area contributed by atoms with Gasteiger partial charge in [0.05, 0.1) is 23.8 Å². The first-order valence-corrected chi connectivity index (χ1v) is 13.1. The third-order valence-electron chi connectivity index (χ3n) is 7.94. The lowest BCUT2D eigenvalue weighted by molar-refractivity contribution is 0.0942. The Balaban J connectivity index is 1.20. The lowest BCUT2D eigenvalue weighted by Gasteiger charge is -2.33. The minimum Gasteiger partial charge on any atom is -0.465 e. The number of carboxylic acid groups (broad SMARTS) is 1. The summed E-state index contributed by atoms with van der Waals surface area (Å²) >= 11 is 0. The summed E-state index contributed by atoms with van der Waals surface area (Å²) < 4.78 is 5.41. The molecule has 1 aliphatic carbocycles. The minimum atomic E-state index is -0.958. The number of para-hydroxylation sites is 1. The van der Waals surface area contributed by atoms with Crippen LogP contribution in [0.3, 0.4) is 0 Å². The molecule has 3 heterocycles. The number of pyridine rings is 1. The molecule has 8 heteroatoms. The minimum absolute atomic E-state index is 0.0414. The maximum atomic E-state index is 13.3. The zero-order valence-electron chi connectivity index (χ0n) is 20.2. The molecule has 2 amide bonds. The van der Waals surface area contributed by atoms with E-state index in [9.17, 15) is 9.59 Å². The molecule has 3 fully saturated rings.